The van der Waals surface area contributed by atoms with Crippen molar-refractivity contribution in [3.8, 4) is 0 Å². The van der Waals surface area contributed by atoms with Gasteiger partial charge >= 0.3 is 11.9 Å². The Kier molecular flexibility index (Phi) is 6.94. The number of amides is 1. The molecular weight excluding hydrogens is 458 g/mol. The summed E-state index contributed by atoms with van der Waals surface area (Å²) >= 11 is 0. The summed E-state index contributed by atoms with van der Waals surface area (Å²) in [4.78, 5) is 50.1. The molecule has 8 N–H and O–H groups in total. The average molecular weight is 476 g/mol. The Morgan fingerprint density at radius 1 is 1.09 bits per heavy atom. The number of nitrogens with zero attached hydrogens (tertiary/aromatic N) is 4. The van der Waals surface area contributed by atoms with Gasteiger partial charge in [-0.15, -0.1) is 0 Å². The maximum Gasteiger partial charge on any atom is 0.338 e. The molecule has 3 rings (SSSR count). The third kappa shape index (κ3) is 5.56. The number of benzene rings is 1. The SMILES string of the molecule is Nc1nc(N)c2nc(CNc3ccc(C(=O)N[C@@H](C[C@H](F)C(=O)O)C(=O)O)cc3F)cnc2n1. The number of carbonyl (C=O) groups is 3. The molecule has 2 aromatic heterocycles. The molecule has 0 aliphatic carbocycles. The second-order valence-electron chi connectivity index (χ2n) is 6.95. The first-order valence-corrected chi connectivity index (χ1v) is 9.53. The zero-order valence-electron chi connectivity index (χ0n) is 17.2. The normalized spacial score (nSPS) is 12.6. The van der Waals surface area contributed by atoms with E-state index >= 15 is 0 Å². The number of halogens is 2. The quantitative estimate of drug-likeness (QED) is 0.246. The maximum atomic E-state index is 14.5. The van der Waals surface area contributed by atoms with Crippen molar-refractivity contribution in [2.24, 2.45) is 0 Å². The highest BCUT2D eigenvalue weighted by atomic mass is 19.1. The van der Waals surface area contributed by atoms with Gasteiger partial charge in [0.05, 0.1) is 24.1 Å². The molecule has 0 saturated carbocycles. The second kappa shape index (κ2) is 9.85. The van der Waals surface area contributed by atoms with Crippen LogP contribution in [0.2, 0.25) is 0 Å². The zero-order chi connectivity index (χ0) is 25.0. The fraction of sp³-hybridized carbons (Fsp3) is 0.211. The van der Waals surface area contributed by atoms with Crippen LogP contribution >= 0.6 is 0 Å². The Morgan fingerprint density at radius 2 is 1.82 bits per heavy atom. The molecule has 2 atom stereocenters. The number of carbonyl (C=O) groups excluding carboxylic acids is 1. The van der Waals surface area contributed by atoms with E-state index in [4.69, 9.17) is 21.7 Å². The lowest BCUT2D eigenvalue weighted by molar-refractivity contribution is -0.145. The average Bonchev–Trinajstić information content (AvgIpc) is 2.77. The Bertz CT molecular complexity index is 1270. The van der Waals surface area contributed by atoms with Crippen LogP contribution in [-0.4, -0.2) is 60.2 Å². The highest BCUT2D eigenvalue weighted by Gasteiger charge is 2.28. The molecule has 0 fully saturated rings. The van der Waals surface area contributed by atoms with Gasteiger partial charge in [0.25, 0.3) is 5.91 Å². The van der Waals surface area contributed by atoms with Crippen LogP contribution in [0.4, 0.5) is 26.2 Å². The van der Waals surface area contributed by atoms with Crippen molar-refractivity contribution in [2.45, 2.75) is 25.2 Å². The lowest BCUT2D eigenvalue weighted by Crippen LogP contribution is -2.43. The summed E-state index contributed by atoms with van der Waals surface area (Å²) in [5.41, 5.74) is 11.8. The molecule has 15 heteroatoms. The Hall–Kier alpha value is -4.69. The standard InChI is InChI=1S/C19H18F2N8O5/c20-9-3-7(16(30)27-12(18(33)34)4-10(21)17(31)32)1-2-11(9)24-5-8-6-25-15-13(26-8)14(22)28-19(23)29-15/h1-3,6,10,12,24H,4-5H2,(H,27,30)(H,31,32)(H,33,34)(H4,22,23,25,28,29)/t10-,12-/m0/s1. The fourth-order valence-corrected chi connectivity index (χ4v) is 2.82. The first-order valence-electron chi connectivity index (χ1n) is 9.53. The summed E-state index contributed by atoms with van der Waals surface area (Å²) in [7, 11) is 0. The van der Waals surface area contributed by atoms with E-state index in [1.54, 1.807) is 0 Å². The molecular formula is C19H18F2N8O5. The van der Waals surface area contributed by atoms with Crippen LogP contribution in [0.1, 0.15) is 22.5 Å². The van der Waals surface area contributed by atoms with E-state index in [0.717, 1.165) is 6.07 Å². The number of nitrogen functional groups attached to an aromatic ring is 2. The number of nitrogens with two attached hydrogens (primary N) is 2. The number of nitrogens with one attached hydrogen (secondary N) is 2. The second-order valence-corrected chi connectivity index (χ2v) is 6.95. The minimum atomic E-state index is -2.50. The Balaban J connectivity index is 1.68. The Morgan fingerprint density at radius 3 is 2.47 bits per heavy atom. The van der Waals surface area contributed by atoms with Crippen LogP contribution in [0, 0.1) is 5.82 Å². The van der Waals surface area contributed by atoms with Crippen molar-refractivity contribution < 1.29 is 33.4 Å². The lowest BCUT2D eigenvalue weighted by Gasteiger charge is -2.15. The third-order valence-electron chi connectivity index (χ3n) is 4.51. The van der Waals surface area contributed by atoms with Crippen molar-refractivity contribution in [1.29, 1.82) is 0 Å². The number of hydrogen-bond donors (Lipinski definition) is 6. The van der Waals surface area contributed by atoms with Gasteiger partial charge in [0.2, 0.25) is 5.95 Å². The largest absolute Gasteiger partial charge is 0.480 e. The van der Waals surface area contributed by atoms with Gasteiger partial charge in [-0.25, -0.2) is 28.3 Å². The van der Waals surface area contributed by atoms with Crippen LogP contribution < -0.4 is 22.1 Å². The zero-order valence-corrected chi connectivity index (χ0v) is 17.2. The van der Waals surface area contributed by atoms with E-state index in [2.05, 4.69) is 25.3 Å². The molecule has 1 amide bonds. The van der Waals surface area contributed by atoms with Crippen LogP contribution in [0.3, 0.4) is 0 Å². The molecule has 0 spiro atoms. The lowest BCUT2D eigenvalue weighted by atomic mass is 10.1. The smallest absolute Gasteiger partial charge is 0.338 e. The molecule has 3 aromatic rings. The number of rotatable bonds is 9. The first kappa shape index (κ1) is 24.0. The van der Waals surface area contributed by atoms with Gasteiger partial charge in [0, 0.05) is 12.0 Å². The van der Waals surface area contributed by atoms with E-state index in [9.17, 15) is 23.2 Å². The number of carboxylic acids is 2. The molecule has 0 saturated heterocycles. The molecule has 0 unspecified atom stereocenters. The van der Waals surface area contributed by atoms with Gasteiger partial charge in [-0.1, -0.05) is 0 Å². The van der Waals surface area contributed by atoms with Gasteiger partial charge in [-0.2, -0.15) is 9.97 Å². The predicted molar refractivity (Wildman–Crippen MR) is 114 cm³/mol. The summed E-state index contributed by atoms with van der Waals surface area (Å²) in [6.07, 6.45) is -2.11. The van der Waals surface area contributed by atoms with Crippen LogP contribution in [0.15, 0.2) is 24.4 Å². The molecule has 0 bridgehead atoms. The van der Waals surface area contributed by atoms with E-state index < -0.39 is 42.3 Å². The molecule has 13 nitrogen and oxygen atoms in total. The topological polar surface area (TPSA) is 219 Å². The maximum absolute atomic E-state index is 14.5. The van der Waals surface area contributed by atoms with E-state index in [0.29, 0.717) is 5.69 Å². The summed E-state index contributed by atoms with van der Waals surface area (Å²) in [5.74, 6) is -5.40. The molecule has 0 aliphatic heterocycles. The number of carboxylic acid groups (broad SMARTS) is 2. The summed E-state index contributed by atoms with van der Waals surface area (Å²) in [6.45, 7) is 0.0172. The molecule has 2 heterocycles. The van der Waals surface area contributed by atoms with Gasteiger partial charge in [0.1, 0.15) is 11.9 Å². The highest BCUT2D eigenvalue weighted by molar-refractivity contribution is 5.97. The van der Waals surface area contributed by atoms with Gasteiger partial charge in [-0.3, -0.25) is 4.79 Å². The number of fused-ring (bicyclic) bond motifs is 1. The predicted octanol–water partition coefficient (Wildman–Crippen LogP) is 0.331. The van der Waals surface area contributed by atoms with Crippen LogP contribution in [0.5, 0.6) is 0 Å². The van der Waals surface area contributed by atoms with Crippen molar-refractivity contribution in [3.63, 3.8) is 0 Å². The van der Waals surface area contributed by atoms with Crippen molar-refractivity contribution in [3.05, 3.63) is 41.5 Å². The van der Waals surface area contributed by atoms with E-state index in [1.807, 2.05) is 5.32 Å². The summed E-state index contributed by atoms with van der Waals surface area (Å²) < 4.78 is 27.8. The van der Waals surface area contributed by atoms with Crippen LogP contribution in [-0.2, 0) is 16.1 Å². The molecule has 0 radical (unpaired) electrons. The number of anilines is 3. The van der Waals surface area contributed by atoms with Crippen LogP contribution in [0.25, 0.3) is 11.2 Å². The van der Waals surface area contributed by atoms with Crippen molar-refractivity contribution >= 4 is 46.5 Å². The minimum Gasteiger partial charge on any atom is -0.480 e. The monoisotopic (exact) mass is 476 g/mol. The third-order valence-corrected chi connectivity index (χ3v) is 4.51. The number of hydrogen-bond acceptors (Lipinski definition) is 10. The Labute approximate surface area is 189 Å². The first-order chi connectivity index (χ1) is 16.0. The van der Waals surface area contributed by atoms with Crippen molar-refractivity contribution in [1.82, 2.24) is 25.3 Å². The number of aromatic nitrogens is 4. The fourth-order valence-electron chi connectivity index (χ4n) is 2.82. The molecule has 178 valence electrons. The van der Waals surface area contributed by atoms with E-state index in [-0.39, 0.29) is 40.7 Å². The van der Waals surface area contributed by atoms with Gasteiger partial charge in [-0.05, 0) is 18.2 Å². The number of alkyl halides is 1. The molecule has 1 aromatic carbocycles. The summed E-state index contributed by atoms with van der Waals surface area (Å²) in [6, 6.07) is 1.44. The van der Waals surface area contributed by atoms with E-state index in [1.165, 1.54) is 18.3 Å². The van der Waals surface area contributed by atoms with Gasteiger partial charge < -0.3 is 32.3 Å². The summed E-state index contributed by atoms with van der Waals surface area (Å²) in [5, 5.41) is 22.4. The minimum absolute atomic E-state index is 0.00976. The molecule has 34 heavy (non-hydrogen) atoms. The molecule has 0 aliphatic rings. The number of aliphatic carboxylic acids is 2. The van der Waals surface area contributed by atoms with Gasteiger partial charge in [0.15, 0.2) is 23.2 Å². The highest BCUT2D eigenvalue weighted by Crippen LogP contribution is 2.19. The van der Waals surface area contributed by atoms with Crippen molar-refractivity contribution in [2.75, 3.05) is 16.8 Å².